The van der Waals surface area contributed by atoms with Crippen LogP contribution in [0.5, 0.6) is 23.0 Å². The number of rotatable bonds is 10. The summed E-state index contributed by atoms with van der Waals surface area (Å²) in [6, 6.07) is 22.8. The van der Waals surface area contributed by atoms with Crippen molar-refractivity contribution in [2.75, 3.05) is 39.1 Å². The first-order chi connectivity index (χ1) is 17.7. The number of benzene rings is 3. The fraction of sp³-hybridized carbons (Fsp3) is 0.333. The molecule has 188 valence electrons. The van der Waals surface area contributed by atoms with Gasteiger partial charge in [-0.2, -0.15) is 0 Å². The van der Waals surface area contributed by atoms with Crippen LogP contribution in [0.1, 0.15) is 26.2 Å². The summed E-state index contributed by atoms with van der Waals surface area (Å²) in [5.74, 6) is 4.44. The van der Waals surface area contributed by atoms with E-state index in [9.17, 15) is 0 Å². The number of thiophene rings is 1. The smallest absolute Gasteiger partial charge is 0.143 e. The van der Waals surface area contributed by atoms with Gasteiger partial charge in [-0.1, -0.05) is 19.4 Å². The maximum atomic E-state index is 6.57. The van der Waals surface area contributed by atoms with Crippen molar-refractivity contribution in [3.05, 3.63) is 66.7 Å². The highest BCUT2D eigenvalue weighted by molar-refractivity contribution is 8.01. The van der Waals surface area contributed by atoms with Crippen molar-refractivity contribution in [3.63, 3.8) is 0 Å². The summed E-state index contributed by atoms with van der Waals surface area (Å²) in [5, 5.41) is 2.15. The summed E-state index contributed by atoms with van der Waals surface area (Å²) in [6.07, 6.45) is 3.97. The SMILES string of the molecule is CCSc1ccc(-c2ccc3cc(OC)ccc3c2Oc2ccc(OCCN3CCCCC3)cc2)s1. The zero-order valence-electron chi connectivity index (χ0n) is 21.0. The Kier molecular flexibility index (Phi) is 8.36. The second-order valence-electron chi connectivity index (χ2n) is 8.91. The molecule has 5 rings (SSSR count). The van der Waals surface area contributed by atoms with Crippen LogP contribution in [0.25, 0.3) is 21.2 Å². The zero-order chi connectivity index (χ0) is 24.7. The molecular weight excluding hydrogens is 486 g/mol. The highest BCUT2D eigenvalue weighted by Gasteiger charge is 2.15. The quantitative estimate of drug-likeness (QED) is 0.197. The van der Waals surface area contributed by atoms with Crippen LogP contribution in [0.15, 0.2) is 70.9 Å². The lowest BCUT2D eigenvalue weighted by Crippen LogP contribution is -2.33. The first-order valence-electron chi connectivity index (χ1n) is 12.7. The molecule has 0 aliphatic carbocycles. The average molecular weight is 520 g/mol. The molecule has 0 unspecified atom stereocenters. The van der Waals surface area contributed by atoms with E-state index in [1.165, 1.54) is 41.4 Å². The highest BCUT2D eigenvalue weighted by Crippen LogP contribution is 2.44. The van der Waals surface area contributed by atoms with Gasteiger partial charge in [-0.25, -0.2) is 0 Å². The summed E-state index contributed by atoms with van der Waals surface area (Å²) in [4.78, 5) is 3.70. The Bertz CT molecular complexity index is 1280. The van der Waals surface area contributed by atoms with Gasteiger partial charge in [0.2, 0.25) is 0 Å². The van der Waals surface area contributed by atoms with E-state index in [1.54, 1.807) is 7.11 Å². The molecule has 0 amide bonds. The molecule has 0 atom stereocenters. The number of hydrogen-bond acceptors (Lipinski definition) is 6. The largest absolute Gasteiger partial charge is 0.497 e. The molecule has 1 aromatic heterocycles. The lowest BCUT2D eigenvalue weighted by atomic mass is 10.0. The number of methoxy groups -OCH3 is 1. The third kappa shape index (κ3) is 6.00. The average Bonchev–Trinajstić information content (AvgIpc) is 3.38. The molecule has 4 nitrogen and oxygen atoms in total. The third-order valence-electron chi connectivity index (χ3n) is 6.48. The molecule has 0 spiro atoms. The second-order valence-corrected chi connectivity index (χ2v) is 11.6. The number of piperidine rings is 1. The van der Waals surface area contributed by atoms with E-state index in [0.717, 1.165) is 51.6 Å². The van der Waals surface area contributed by atoms with E-state index in [-0.39, 0.29) is 0 Å². The van der Waals surface area contributed by atoms with Crippen LogP contribution in [0.2, 0.25) is 0 Å². The molecule has 1 aliphatic heterocycles. The maximum absolute atomic E-state index is 6.57. The predicted molar refractivity (Wildman–Crippen MR) is 153 cm³/mol. The van der Waals surface area contributed by atoms with Gasteiger partial charge >= 0.3 is 0 Å². The predicted octanol–water partition coefficient (Wildman–Crippen LogP) is 8.35. The molecule has 1 fully saturated rings. The van der Waals surface area contributed by atoms with Crippen LogP contribution in [0.4, 0.5) is 0 Å². The number of fused-ring (bicyclic) bond motifs is 1. The fourth-order valence-electron chi connectivity index (χ4n) is 4.59. The summed E-state index contributed by atoms with van der Waals surface area (Å²) < 4.78 is 19.4. The Morgan fingerprint density at radius 2 is 1.64 bits per heavy atom. The van der Waals surface area contributed by atoms with Crippen molar-refractivity contribution in [1.82, 2.24) is 4.90 Å². The van der Waals surface area contributed by atoms with Gasteiger partial charge < -0.3 is 14.2 Å². The van der Waals surface area contributed by atoms with E-state index in [4.69, 9.17) is 14.2 Å². The number of hydrogen-bond donors (Lipinski definition) is 0. The molecule has 4 aromatic rings. The summed E-state index contributed by atoms with van der Waals surface area (Å²) in [5.41, 5.74) is 1.10. The van der Waals surface area contributed by atoms with Crippen LogP contribution < -0.4 is 14.2 Å². The van der Waals surface area contributed by atoms with Gasteiger partial charge in [-0.3, -0.25) is 4.90 Å². The van der Waals surface area contributed by atoms with Crippen molar-refractivity contribution in [2.24, 2.45) is 0 Å². The summed E-state index contributed by atoms with van der Waals surface area (Å²) in [7, 11) is 1.70. The Balaban J connectivity index is 1.37. The van der Waals surface area contributed by atoms with Gasteiger partial charge in [-0.15, -0.1) is 23.1 Å². The van der Waals surface area contributed by atoms with Gasteiger partial charge in [-0.05, 0) is 97.7 Å². The molecular formula is C30H33NO3S2. The molecule has 0 N–H and O–H groups in total. The monoisotopic (exact) mass is 519 g/mol. The van der Waals surface area contributed by atoms with Crippen molar-refractivity contribution in [1.29, 1.82) is 0 Å². The van der Waals surface area contributed by atoms with E-state index in [2.05, 4.69) is 48.2 Å². The lowest BCUT2D eigenvalue weighted by molar-refractivity contribution is 0.183. The van der Waals surface area contributed by atoms with Gasteiger partial charge in [0.1, 0.15) is 29.6 Å². The van der Waals surface area contributed by atoms with E-state index >= 15 is 0 Å². The van der Waals surface area contributed by atoms with Crippen LogP contribution in [0, 0.1) is 0 Å². The fourth-order valence-corrected chi connectivity index (χ4v) is 6.66. The number of ether oxygens (including phenoxy) is 3. The van der Waals surface area contributed by atoms with E-state index in [1.807, 2.05) is 53.4 Å². The molecule has 6 heteroatoms. The number of likely N-dealkylation sites (tertiary alicyclic amines) is 1. The number of thioether (sulfide) groups is 1. The Labute approximate surface area is 222 Å². The van der Waals surface area contributed by atoms with Gasteiger partial charge in [0.05, 0.1) is 11.3 Å². The molecule has 1 aliphatic rings. The van der Waals surface area contributed by atoms with Gasteiger partial charge in [0, 0.05) is 22.4 Å². The molecule has 1 saturated heterocycles. The van der Waals surface area contributed by atoms with Crippen molar-refractivity contribution >= 4 is 33.9 Å². The molecule has 0 saturated carbocycles. The minimum Gasteiger partial charge on any atom is -0.497 e. The van der Waals surface area contributed by atoms with Crippen molar-refractivity contribution < 1.29 is 14.2 Å². The number of nitrogens with zero attached hydrogens (tertiary/aromatic N) is 1. The van der Waals surface area contributed by atoms with Crippen LogP contribution in [-0.4, -0.2) is 44.0 Å². The van der Waals surface area contributed by atoms with E-state index < -0.39 is 0 Å². The highest BCUT2D eigenvalue weighted by atomic mass is 32.2. The summed E-state index contributed by atoms with van der Waals surface area (Å²) in [6.45, 7) is 6.27. The minimum atomic E-state index is 0.714. The minimum absolute atomic E-state index is 0.714. The first kappa shape index (κ1) is 25.0. The third-order valence-corrected chi connectivity index (χ3v) is 8.71. The Morgan fingerprint density at radius 1 is 0.861 bits per heavy atom. The van der Waals surface area contributed by atoms with Crippen LogP contribution in [0.3, 0.4) is 0 Å². The normalized spacial score (nSPS) is 14.2. The van der Waals surface area contributed by atoms with Crippen molar-refractivity contribution in [3.8, 4) is 33.4 Å². The lowest BCUT2D eigenvalue weighted by Gasteiger charge is -2.26. The van der Waals surface area contributed by atoms with Crippen LogP contribution in [-0.2, 0) is 0 Å². The molecule has 0 radical (unpaired) electrons. The maximum Gasteiger partial charge on any atom is 0.143 e. The van der Waals surface area contributed by atoms with E-state index in [0.29, 0.717) is 6.61 Å². The Hall–Kier alpha value is -2.67. The van der Waals surface area contributed by atoms with Crippen molar-refractivity contribution in [2.45, 2.75) is 30.4 Å². The topological polar surface area (TPSA) is 30.9 Å². The molecule has 3 aromatic carbocycles. The van der Waals surface area contributed by atoms with Gasteiger partial charge in [0.25, 0.3) is 0 Å². The molecule has 0 bridgehead atoms. The summed E-state index contributed by atoms with van der Waals surface area (Å²) >= 11 is 3.68. The standard InChI is InChI=1S/C30H33NO3S2/c1-3-35-29-16-15-28(36-29)27-13-7-22-21-25(32-2)12-14-26(22)30(27)34-24-10-8-23(9-11-24)33-20-19-31-17-5-4-6-18-31/h7-16,21H,3-6,17-20H2,1-2H3. The zero-order valence-corrected chi connectivity index (χ0v) is 22.6. The first-order valence-corrected chi connectivity index (χ1v) is 14.5. The van der Waals surface area contributed by atoms with Crippen LogP contribution >= 0.6 is 23.1 Å². The molecule has 2 heterocycles. The Morgan fingerprint density at radius 3 is 2.42 bits per heavy atom. The second kappa shape index (κ2) is 12.0. The molecule has 36 heavy (non-hydrogen) atoms. The van der Waals surface area contributed by atoms with Gasteiger partial charge in [0.15, 0.2) is 0 Å².